The first-order valence-corrected chi connectivity index (χ1v) is 6.34. The molecule has 0 saturated carbocycles. The number of nitrogens with one attached hydrogen (secondary N) is 1. The molecule has 1 N–H and O–H groups in total. The van der Waals surface area contributed by atoms with E-state index in [2.05, 4.69) is 43.5 Å². The molecule has 0 saturated heterocycles. The van der Waals surface area contributed by atoms with E-state index in [4.69, 9.17) is 4.74 Å². The van der Waals surface area contributed by atoms with Gasteiger partial charge in [0, 0.05) is 9.77 Å². The third-order valence-electron chi connectivity index (χ3n) is 1.91. The van der Waals surface area contributed by atoms with Crippen molar-refractivity contribution in [3.63, 3.8) is 0 Å². The molecule has 0 atom stereocenters. The highest BCUT2D eigenvalue weighted by molar-refractivity contribution is 14.1. The summed E-state index contributed by atoms with van der Waals surface area (Å²) >= 11 is 5.44. The predicted octanol–water partition coefficient (Wildman–Crippen LogP) is 3.60. The number of hydrogen-bond acceptors (Lipinski definition) is 2. The number of carbonyl (C=O) groups excluding carboxylic acids is 1. The number of carbonyl (C=O) groups is 1. The van der Waals surface area contributed by atoms with Gasteiger partial charge in [-0.2, -0.15) is 0 Å². The second-order valence-electron chi connectivity index (χ2n) is 3.05. The number of hydrogen-bond donors (Lipinski definition) is 1. The van der Waals surface area contributed by atoms with Gasteiger partial charge in [-0.05, 0) is 56.7 Å². The number of para-hydroxylation sites is 1. The van der Waals surface area contributed by atoms with E-state index in [-0.39, 0.29) is 0 Å². The number of aromatic nitrogens is 1. The predicted molar refractivity (Wildman–Crippen MR) is 72.6 cm³/mol. The van der Waals surface area contributed by atoms with Crippen molar-refractivity contribution in [3.05, 3.63) is 50.3 Å². The maximum Gasteiger partial charge on any atom is 0.360 e. The van der Waals surface area contributed by atoms with Gasteiger partial charge in [0.15, 0.2) is 0 Å². The molecule has 0 fully saturated rings. The van der Waals surface area contributed by atoms with Crippen LogP contribution in [0.2, 0.25) is 0 Å². The quantitative estimate of drug-likeness (QED) is 0.482. The van der Waals surface area contributed by atoms with Crippen molar-refractivity contribution >= 4 is 44.5 Å². The zero-order valence-electron chi connectivity index (χ0n) is 8.04. The fourth-order valence-electron chi connectivity index (χ4n) is 1.17. The van der Waals surface area contributed by atoms with Crippen molar-refractivity contribution < 1.29 is 9.53 Å². The fraction of sp³-hybridized carbons (Fsp3) is 0. The van der Waals surface area contributed by atoms with Crippen LogP contribution in [0.4, 0.5) is 0 Å². The van der Waals surface area contributed by atoms with Gasteiger partial charge in [0.05, 0.1) is 4.47 Å². The molecule has 3 nitrogen and oxygen atoms in total. The minimum absolute atomic E-state index is 0.394. The topological polar surface area (TPSA) is 42.1 Å². The Balaban J connectivity index is 2.17. The summed E-state index contributed by atoms with van der Waals surface area (Å²) in [7, 11) is 0. The van der Waals surface area contributed by atoms with E-state index in [0.29, 0.717) is 11.4 Å². The zero-order valence-corrected chi connectivity index (χ0v) is 11.8. The van der Waals surface area contributed by atoms with Crippen molar-refractivity contribution in [2.24, 2.45) is 0 Å². The van der Waals surface area contributed by atoms with E-state index < -0.39 is 5.97 Å². The normalized spacial score (nSPS) is 10.1. The second kappa shape index (κ2) is 5.01. The van der Waals surface area contributed by atoms with Crippen LogP contribution in [0, 0.1) is 3.57 Å². The first-order valence-electron chi connectivity index (χ1n) is 4.47. The van der Waals surface area contributed by atoms with E-state index in [1.165, 1.54) is 0 Å². The molecular formula is C11H7BrINO2. The van der Waals surface area contributed by atoms with Gasteiger partial charge in [0.1, 0.15) is 11.4 Å². The van der Waals surface area contributed by atoms with Crippen LogP contribution in [0.15, 0.2) is 41.0 Å². The molecule has 0 amide bonds. The third kappa shape index (κ3) is 2.65. The first-order chi connectivity index (χ1) is 7.66. The Kier molecular flexibility index (Phi) is 3.65. The number of rotatable bonds is 2. The highest BCUT2D eigenvalue weighted by atomic mass is 127. The molecule has 82 valence electrons. The summed E-state index contributed by atoms with van der Waals surface area (Å²) in [6.45, 7) is 0. The van der Waals surface area contributed by atoms with Crippen LogP contribution in [-0.4, -0.2) is 11.0 Å². The van der Waals surface area contributed by atoms with Crippen LogP contribution < -0.4 is 4.74 Å². The van der Waals surface area contributed by atoms with E-state index in [1.54, 1.807) is 18.3 Å². The van der Waals surface area contributed by atoms with Crippen molar-refractivity contribution in [1.29, 1.82) is 0 Å². The largest absolute Gasteiger partial charge is 0.421 e. The average Bonchev–Trinajstić information content (AvgIpc) is 2.68. The van der Waals surface area contributed by atoms with Gasteiger partial charge in [-0.3, -0.25) is 0 Å². The Morgan fingerprint density at radius 1 is 1.38 bits per heavy atom. The Morgan fingerprint density at radius 3 is 2.75 bits per heavy atom. The number of aromatic amines is 1. The van der Waals surface area contributed by atoms with Gasteiger partial charge in [0.25, 0.3) is 0 Å². The third-order valence-corrected chi connectivity index (χ3v) is 3.18. The lowest BCUT2D eigenvalue weighted by Crippen LogP contribution is -2.08. The zero-order chi connectivity index (χ0) is 11.5. The molecule has 0 bridgehead atoms. The Bertz CT molecular complexity index is 524. The highest BCUT2D eigenvalue weighted by Gasteiger charge is 2.11. The van der Waals surface area contributed by atoms with Crippen LogP contribution in [0.5, 0.6) is 5.75 Å². The maximum atomic E-state index is 11.7. The van der Waals surface area contributed by atoms with Crippen LogP contribution in [0.1, 0.15) is 10.5 Å². The van der Waals surface area contributed by atoms with Gasteiger partial charge in [0.2, 0.25) is 0 Å². The smallest absolute Gasteiger partial charge is 0.360 e. The minimum atomic E-state index is -0.394. The SMILES string of the molecule is O=C(Oc1ccccc1Br)c1cc(I)c[nH]1. The summed E-state index contributed by atoms with van der Waals surface area (Å²) in [5.74, 6) is 0.118. The highest BCUT2D eigenvalue weighted by Crippen LogP contribution is 2.24. The summed E-state index contributed by atoms with van der Waals surface area (Å²) in [5, 5.41) is 0. The maximum absolute atomic E-state index is 11.7. The van der Waals surface area contributed by atoms with Crippen LogP contribution in [0.3, 0.4) is 0 Å². The Hall–Kier alpha value is -0.820. The van der Waals surface area contributed by atoms with Gasteiger partial charge < -0.3 is 9.72 Å². The molecule has 5 heteroatoms. The van der Waals surface area contributed by atoms with Gasteiger partial charge in [-0.25, -0.2) is 4.79 Å². The molecule has 2 aromatic rings. The summed E-state index contributed by atoms with van der Waals surface area (Å²) in [6.07, 6.45) is 1.75. The molecule has 1 aromatic carbocycles. The Labute approximate surface area is 114 Å². The molecule has 0 aliphatic heterocycles. The van der Waals surface area contributed by atoms with Crippen molar-refractivity contribution in [1.82, 2.24) is 4.98 Å². The summed E-state index contributed by atoms with van der Waals surface area (Å²) in [4.78, 5) is 14.5. The number of benzene rings is 1. The standard InChI is InChI=1S/C11H7BrINO2/c12-8-3-1-2-4-10(8)16-11(15)9-5-7(13)6-14-9/h1-6,14H. The molecule has 16 heavy (non-hydrogen) atoms. The summed E-state index contributed by atoms with van der Waals surface area (Å²) in [5.41, 5.74) is 0.445. The number of H-pyrrole nitrogens is 1. The lowest BCUT2D eigenvalue weighted by atomic mass is 10.3. The molecule has 0 aliphatic carbocycles. The summed E-state index contributed by atoms with van der Waals surface area (Å²) in [6, 6.07) is 8.96. The first kappa shape index (κ1) is 11.7. The fourth-order valence-corrected chi connectivity index (χ4v) is 2.00. The molecular weight excluding hydrogens is 385 g/mol. The van der Waals surface area contributed by atoms with Crippen molar-refractivity contribution in [3.8, 4) is 5.75 Å². The molecule has 0 radical (unpaired) electrons. The molecule has 0 unspecified atom stereocenters. The number of halogens is 2. The average molecular weight is 392 g/mol. The van der Waals surface area contributed by atoms with Crippen LogP contribution in [0.25, 0.3) is 0 Å². The molecule has 1 aromatic heterocycles. The van der Waals surface area contributed by atoms with Gasteiger partial charge in [-0.15, -0.1) is 0 Å². The van der Waals surface area contributed by atoms with Crippen LogP contribution in [-0.2, 0) is 0 Å². The lowest BCUT2D eigenvalue weighted by Gasteiger charge is -2.04. The monoisotopic (exact) mass is 391 g/mol. The van der Waals surface area contributed by atoms with E-state index in [0.717, 1.165) is 8.04 Å². The van der Waals surface area contributed by atoms with Crippen LogP contribution >= 0.6 is 38.5 Å². The van der Waals surface area contributed by atoms with E-state index >= 15 is 0 Å². The lowest BCUT2D eigenvalue weighted by molar-refractivity contribution is 0.0728. The minimum Gasteiger partial charge on any atom is -0.421 e. The molecule has 0 spiro atoms. The molecule has 2 rings (SSSR count). The van der Waals surface area contributed by atoms with Crippen molar-refractivity contribution in [2.45, 2.75) is 0 Å². The number of esters is 1. The second-order valence-corrected chi connectivity index (χ2v) is 5.15. The summed E-state index contributed by atoms with van der Waals surface area (Å²) < 4.78 is 6.95. The van der Waals surface area contributed by atoms with Crippen molar-refractivity contribution in [2.75, 3.05) is 0 Å². The van der Waals surface area contributed by atoms with E-state index in [9.17, 15) is 4.79 Å². The van der Waals surface area contributed by atoms with Gasteiger partial charge >= 0.3 is 5.97 Å². The molecule has 0 aliphatic rings. The van der Waals surface area contributed by atoms with Gasteiger partial charge in [-0.1, -0.05) is 12.1 Å². The Morgan fingerprint density at radius 2 is 2.12 bits per heavy atom. The number of ether oxygens (including phenoxy) is 1. The van der Waals surface area contributed by atoms with E-state index in [1.807, 2.05) is 18.2 Å². The molecule has 1 heterocycles.